The normalized spacial score (nSPS) is 13.3. The average molecular weight is 394 g/mol. The third-order valence-corrected chi connectivity index (χ3v) is 4.71. The van der Waals surface area contributed by atoms with E-state index in [1.807, 2.05) is 0 Å². The molecular weight excluding hydrogens is 368 g/mol. The van der Waals surface area contributed by atoms with Gasteiger partial charge in [-0.3, -0.25) is 4.79 Å². The molecule has 7 heteroatoms. The van der Waals surface area contributed by atoms with Gasteiger partial charge in [0.05, 0.1) is 17.9 Å². The van der Waals surface area contributed by atoms with Gasteiger partial charge >= 0.3 is 5.97 Å². The van der Waals surface area contributed by atoms with Crippen molar-refractivity contribution in [3.05, 3.63) is 59.6 Å². The second-order valence-corrected chi connectivity index (χ2v) is 6.79. The van der Waals surface area contributed by atoms with Gasteiger partial charge in [-0.15, -0.1) is 0 Å². The van der Waals surface area contributed by atoms with Crippen molar-refractivity contribution in [2.75, 3.05) is 23.8 Å². The quantitative estimate of drug-likeness (QED) is 0.515. The molecule has 1 heterocycles. The number of aromatic nitrogens is 2. The standard InChI is InChI=1S/C22H26N4O3/c1-2-29-22(28)17-10-6-7-11-18(17)26-21(27)19-14-20(25-15-24-19)23-13-12-16-8-4-3-5-9-16/h6-8,10-11,14-15H,2-5,9,12-13H2,1H3,(H,26,27)(H,23,24,25). The van der Waals surface area contributed by atoms with E-state index in [1.54, 1.807) is 37.3 Å². The van der Waals surface area contributed by atoms with Crippen LogP contribution in [0.4, 0.5) is 11.5 Å². The zero-order chi connectivity index (χ0) is 20.5. The topological polar surface area (TPSA) is 93.2 Å². The Balaban J connectivity index is 1.62. The number of nitrogens with zero attached hydrogens (tertiary/aromatic N) is 2. The highest BCUT2D eigenvalue weighted by molar-refractivity contribution is 6.07. The van der Waals surface area contributed by atoms with E-state index < -0.39 is 11.9 Å². The third kappa shape index (κ3) is 5.88. The highest BCUT2D eigenvalue weighted by Crippen LogP contribution is 2.20. The molecule has 7 nitrogen and oxygen atoms in total. The highest BCUT2D eigenvalue weighted by atomic mass is 16.5. The van der Waals surface area contributed by atoms with Crippen molar-refractivity contribution in [1.29, 1.82) is 0 Å². The van der Waals surface area contributed by atoms with Crippen LogP contribution in [0.15, 0.2) is 48.3 Å². The Hall–Kier alpha value is -3.22. The van der Waals surface area contributed by atoms with Crippen LogP contribution < -0.4 is 10.6 Å². The summed E-state index contributed by atoms with van der Waals surface area (Å²) in [6.07, 6.45) is 9.52. The average Bonchev–Trinajstić information content (AvgIpc) is 2.75. The van der Waals surface area contributed by atoms with E-state index in [2.05, 4.69) is 26.7 Å². The number of carbonyl (C=O) groups excluding carboxylic acids is 2. The molecule has 0 saturated heterocycles. The van der Waals surface area contributed by atoms with Crippen molar-refractivity contribution in [1.82, 2.24) is 9.97 Å². The monoisotopic (exact) mass is 394 g/mol. The van der Waals surface area contributed by atoms with E-state index >= 15 is 0 Å². The van der Waals surface area contributed by atoms with Crippen LogP contribution in [0, 0.1) is 0 Å². The number of anilines is 2. The van der Waals surface area contributed by atoms with Gasteiger partial charge in [0.1, 0.15) is 17.8 Å². The predicted octanol–water partition coefficient (Wildman–Crippen LogP) is 4.21. The Bertz CT molecular complexity index is 895. The first-order chi connectivity index (χ1) is 14.2. The summed E-state index contributed by atoms with van der Waals surface area (Å²) in [6, 6.07) is 8.34. The first-order valence-electron chi connectivity index (χ1n) is 9.98. The summed E-state index contributed by atoms with van der Waals surface area (Å²) in [6.45, 7) is 2.76. The lowest BCUT2D eigenvalue weighted by atomic mass is 9.97. The van der Waals surface area contributed by atoms with Crippen LogP contribution in [0.5, 0.6) is 0 Å². The molecule has 2 aromatic rings. The van der Waals surface area contributed by atoms with Crippen molar-refractivity contribution in [3.63, 3.8) is 0 Å². The molecule has 0 aliphatic heterocycles. The number of allylic oxidation sites excluding steroid dienone is 1. The fourth-order valence-corrected chi connectivity index (χ4v) is 3.23. The number of rotatable bonds is 8. The van der Waals surface area contributed by atoms with Crippen molar-refractivity contribution in [3.8, 4) is 0 Å². The molecule has 3 rings (SSSR count). The number of para-hydroxylation sites is 1. The van der Waals surface area contributed by atoms with Gasteiger partial charge in [-0.25, -0.2) is 14.8 Å². The van der Waals surface area contributed by atoms with Crippen LogP contribution in [-0.2, 0) is 4.74 Å². The lowest BCUT2D eigenvalue weighted by molar-refractivity contribution is 0.0527. The molecule has 0 spiro atoms. The van der Waals surface area contributed by atoms with Crippen LogP contribution in [0.3, 0.4) is 0 Å². The molecule has 0 atom stereocenters. The summed E-state index contributed by atoms with van der Waals surface area (Å²) >= 11 is 0. The Kier molecular flexibility index (Phi) is 7.33. The second-order valence-electron chi connectivity index (χ2n) is 6.79. The van der Waals surface area contributed by atoms with Gasteiger partial charge in [-0.05, 0) is 51.2 Å². The van der Waals surface area contributed by atoms with E-state index in [0.717, 1.165) is 13.0 Å². The number of esters is 1. The molecule has 1 aromatic heterocycles. The van der Waals surface area contributed by atoms with Gasteiger partial charge in [-0.2, -0.15) is 0 Å². The van der Waals surface area contributed by atoms with Crippen LogP contribution in [0.1, 0.15) is 59.9 Å². The van der Waals surface area contributed by atoms with Gasteiger partial charge in [0.15, 0.2) is 0 Å². The van der Waals surface area contributed by atoms with Crippen molar-refractivity contribution in [2.45, 2.75) is 39.0 Å². The maximum atomic E-state index is 12.6. The van der Waals surface area contributed by atoms with Crippen LogP contribution >= 0.6 is 0 Å². The fraction of sp³-hybridized carbons (Fsp3) is 0.364. The zero-order valence-corrected chi connectivity index (χ0v) is 16.6. The molecule has 0 fully saturated rings. The predicted molar refractivity (Wildman–Crippen MR) is 112 cm³/mol. The largest absolute Gasteiger partial charge is 0.462 e. The molecule has 29 heavy (non-hydrogen) atoms. The molecule has 2 N–H and O–H groups in total. The number of nitrogens with one attached hydrogen (secondary N) is 2. The smallest absolute Gasteiger partial charge is 0.340 e. The second kappa shape index (κ2) is 10.4. The number of ether oxygens (including phenoxy) is 1. The fourth-order valence-electron chi connectivity index (χ4n) is 3.23. The zero-order valence-electron chi connectivity index (χ0n) is 16.6. The highest BCUT2D eigenvalue weighted by Gasteiger charge is 2.16. The van der Waals surface area contributed by atoms with Gasteiger partial charge in [-0.1, -0.05) is 23.8 Å². The molecule has 152 valence electrons. The molecule has 0 radical (unpaired) electrons. The summed E-state index contributed by atoms with van der Waals surface area (Å²) < 4.78 is 5.04. The molecule has 0 bridgehead atoms. The Morgan fingerprint density at radius 2 is 2.03 bits per heavy atom. The van der Waals surface area contributed by atoms with E-state index in [9.17, 15) is 9.59 Å². The molecule has 1 aromatic carbocycles. The maximum Gasteiger partial charge on any atom is 0.340 e. The molecule has 1 amide bonds. The van der Waals surface area contributed by atoms with E-state index in [-0.39, 0.29) is 12.3 Å². The minimum atomic E-state index is -0.481. The van der Waals surface area contributed by atoms with E-state index in [1.165, 1.54) is 37.6 Å². The van der Waals surface area contributed by atoms with Gasteiger partial charge < -0.3 is 15.4 Å². The molecular formula is C22H26N4O3. The number of carbonyl (C=O) groups is 2. The summed E-state index contributed by atoms with van der Waals surface area (Å²) in [7, 11) is 0. The minimum Gasteiger partial charge on any atom is -0.462 e. The van der Waals surface area contributed by atoms with Gasteiger partial charge in [0.25, 0.3) is 5.91 Å². The van der Waals surface area contributed by atoms with Crippen LogP contribution in [0.2, 0.25) is 0 Å². The minimum absolute atomic E-state index is 0.220. The van der Waals surface area contributed by atoms with Crippen molar-refractivity contribution >= 4 is 23.4 Å². The first-order valence-corrected chi connectivity index (χ1v) is 9.98. The van der Waals surface area contributed by atoms with Crippen LogP contribution in [-0.4, -0.2) is 35.0 Å². The summed E-state index contributed by atoms with van der Waals surface area (Å²) in [4.78, 5) is 32.9. The van der Waals surface area contributed by atoms with Gasteiger partial charge in [0, 0.05) is 12.6 Å². The number of hydrogen-bond donors (Lipinski definition) is 2. The SMILES string of the molecule is CCOC(=O)c1ccccc1NC(=O)c1cc(NCCC2=CCCCC2)ncn1. The molecule has 1 aliphatic carbocycles. The maximum absolute atomic E-state index is 12.6. The first kappa shape index (κ1) is 20.5. The van der Waals surface area contributed by atoms with Crippen molar-refractivity contribution < 1.29 is 14.3 Å². The lowest BCUT2D eigenvalue weighted by Crippen LogP contribution is -2.17. The Morgan fingerprint density at radius 3 is 2.83 bits per heavy atom. The Labute approximate surface area is 170 Å². The number of amides is 1. The van der Waals surface area contributed by atoms with Crippen LogP contribution in [0.25, 0.3) is 0 Å². The van der Waals surface area contributed by atoms with E-state index in [4.69, 9.17) is 4.74 Å². The molecule has 0 saturated carbocycles. The lowest BCUT2D eigenvalue weighted by Gasteiger charge is -2.13. The third-order valence-electron chi connectivity index (χ3n) is 4.71. The van der Waals surface area contributed by atoms with Gasteiger partial charge in [0.2, 0.25) is 0 Å². The summed E-state index contributed by atoms with van der Waals surface area (Å²) in [5, 5.41) is 5.99. The van der Waals surface area contributed by atoms with E-state index in [0.29, 0.717) is 17.1 Å². The number of benzene rings is 1. The summed E-state index contributed by atoms with van der Waals surface area (Å²) in [5.41, 5.74) is 2.38. The number of hydrogen-bond acceptors (Lipinski definition) is 6. The molecule has 0 unspecified atom stereocenters. The van der Waals surface area contributed by atoms with Crippen molar-refractivity contribution in [2.24, 2.45) is 0 Å². The molecule has 1 aliphatic rings. The summed E-state index contributed by atoms with van der Waals surface area (Å²) in [5.74, 6) is -0.298. The Morgan fingerprint density at radius 1 is 1.17 bits per heavy atom.